The summed E-state index contributed by atoms with van der Waals surface area (Å²) in [5.74, 6) is 2.52. The highest BCUT2D eigenvalue weighted by Gasteiger charge is 2.51. The maximum atomic E-state index is 13.2. The monoisotopic (exact) mass is 399 g/mol. The van der Waals surface area contributed by atoms with E-state index in [-0.39, 0.29) is 11.4 Å². The summed E-state index contributed by atoms with van der Waals surface area (Å²) >= 11 is 6.47. The van der Waals surface area contributed by atoms with Crippen LogP contribution in [0, 0.1) is 17.8 Å². The van der Waals surface area contributed by atoms with Crippen molar-refractivity contribution in [1.29, 1.82) is 0 Å². The normalized spacial score (nSPS) is 41.0. The van der Waals surface area contributed by atoms with Crippen LogP contribution in [0.4, 0.5) is 0 Å². The Kier molecular flexibility index (Phi) is 4.08. The van der Waals surface area contributed by atoms with E-state index in [1.807, 2.05) is 12.1 Å². The van der Waals surface area contributed by atoms with Gasteiger partial charge in [-0.25, -0.2) is 0 Å². The molecule has 7 rings (SSSR count). The number of nitrogens with zero attached hydrogens (tertiary/aromatic N) is 1. The standard InChI is InChI=1S/C23H30ClN3O/c24-21-2-1-14(12-27-13-18-7-19(27)11-25-18)6-20(21)22(28)26-23-8-15-3-16(9-23)5-17(4-15)10-23/h1-2,6,15-19,25H,3-5,7-13H2,(H,26,28). The number of amides is 1. The Morgan fingerprint density at radius 2 is 1.86 bits per heavy atom. The van der Waals surface area contributed by atoms with Crippen molar-refractivity contribution >= 4 is 17.5 Å². The van der Waals surface area contributed by atoms with E-state index in [9.17, 15) is 4.79 Å². The van der Waals surface area contributed by atoms with E-state index in [0.29, 0.717) is 22.7 Å². The Morgan fingerprint density at radius 1 is 1.14 bits per heavy atom. The smallest absolute Gasteiger partial charge is 0.253 e. The van der Waals surface area contributed by atoms with Crippen LogP contribution in [0.15, 0.2) is 18.2 Å². The van der Waals surface area contributed by atoms with Crippen LogP contribution in [0.25, 0.3) is 0 Å². The number of rotatable bonds is 4. The largest absolute Gasteiger partial charge is 0.347 e. The summed E-state index contributed by atoms with van der Waals surface area (Å²) in [4.78, 5) is 15.8. The number of halogens is 1. The van der Waals surface area contributed by atoms with Gasteiger partial charge in [0, 0.05) is 37.3 Å². The molecule has 2 heterocycles. The molecule has 4 nitrogen and oxygen atoms in total. The molecular formula is C23H30ClN3O. The van der Waals surface area contributed by atoms with Gasteiger partial charge in [0.2, 0.25) is 0 Å². The second-order valence-electron chi connectivity index (χ2n) is 10.4. The molecule has 1 aromatic carbocycles. The fourth-order valence-corrected chi connectivity index (χ4v) is 7.70. The number of fused-ring (bicyclic) bond motifs is 2. The average molecular weight is 400 g/mol. The lowest BCUT2D eigenvalue weighted by molar-refractivity contribution is -0.0167. The number of hydrogen-bond donors (Lipinski definition) is 2. The molecule has 2 N–H and O–H groups in total. The molecule has 5 heteroatoms. The summed E-state index contributed by atoms with van der Waals surface area (Å²) in [5.41, 5.74) is 1.90. The lowest BCUT2D eigenvalue weighted by Gasteiger charge is -2.56. The number of carbonyl (C=O) groups excluding carboxylic acids is 1. The fourth-order valence-electron chi connectivity index (χ4n) is 7.49. The molecule has 4 aliphatic carbocycles. The van der Waals surface area contributed by atoms with Gasteiger partial charge in [-0.15, -0.1) is 0 Å². The Balaban J connectivity index is 1.19. The number of carbonyl (C=O) groups is 1. The van der Waals surface area contributed by atoms with Gasteiger partial charge < -0.3 is 10.6 Å². The van der Waals surface area contributed by atoms with Gasteiger partial charge in [-0.1, -0.05) is 17.7 Å². The van der Waals surface area contributed by atoms with Gasteiger partial charge in [-0.2, -0.15) is 0 Å². The maximum absolute atomic E-state index is 13.2. The van der Waals surface area contributed by atoms with E-state index in [0.717, 1.165) is 37.4 Å². The molecule has 4 saturated carbocycles. The van der Waals surface area contributed by atoms with Crippen LogP contribution in [-0.4, -0.2) is 41.5 Å². The van der Waals surface area contributed by atoms with Crippen LogP contribution in [0.1, 0.15) is 60.9 Å². The van der Waals surface area contributed by atoms with Gasteiger partial charge in [0.25, 0.3) is 5.91 Å². The molecule has 6 bridgehead atoms. The van der Waals surface area contributed by atoms with Crippen LogP contribution in [0.3, 0.4) is 0 Å². The summed E-state index contributed by atoms with van der Waals surface area (Å²) in [6.45, 7) is 3.12. The van der Waals surface area contributed by atoms with Crippen molar-refractivity contribution in [1.82, 2.24) is 15.5 Å². The molecule has 0 spiro atoms. The van der Waals surface area contributed by atoms with E-state index in [1.165, 1.54) is 50.5 Å². The van der Waals surface area contributed by atoms with Crippen LogP contribution >= 0.6 is 11.6 Å². The number of piperazine rings is 1. The first-order valence-corrected chi connectivity index (χ1v) is 11.5. The highest BCUT2D eigenvalue weighted by atomic mass is 35.5. The Labute approximate surface area is 172 Å². The molecule has 1 amide bonds. The number of benzene rings is 1. The third kappa shape index (κ3) is 3.00. The van der Waals surface area contributed by atoms with Gasteiger partial charge in [-0.3, -0.25) is 9.69 Å². The highest BCUT2D eigenvalue weighted by Crippen LogP contribution is 2.55. The number of likely N-dealkylation sites (tertiary alicyclic amines) is 1. The van der Waals surface area contributed by atoms with Crippen molar-refractivity contribution < 1.29 is 4.79 Å². The van der Waals surface area contributed by atoms with Crippen molar-refractivity contribution in [3.05, 3.63) is 34.3 Å². The lowest BCUT2D eigenvalue weighted by Crippen LogP contribution is -2.59. The zero-order chi connectivity index (χ0) is 18.9. The summed E-state index contributed by atoms with van der Waals surface area (Å²) in [5, 5.41) is 7.62. The molecule has 6 aliphatic rings. The van der Waals surface area contributed by atoms with Crippen molar-refractivity contribution in [2.24, 2.45) is 17.8 Å². The van der Waals surface area contributed by atoms with Crippen LogP contribution in [0.5, 0.6) is 0 Å². The predicted octanol–water partition coefficient (Wildman–Crippen LogP) is 3.58. The second kappa shape index (κ2) is 6.45. The van der Waals surface area contributed by atoms with Crippen molar-refractivity contribution in [3.8, 4) is 0 Å². The predicted molar refractivity (Wildman–Crippen MR) is 110 cm³/mol. The molecule has 0 aromatic heterocycles. The molecular weight excluding hydrogens is 370 g/mol. The topological polar surface area (TPSA) is 44.4 Å². The molecule has 2 atom stereocenters. The third-order valence-corrected chi connectivity index (χ3v) is 8.58. The van der Waals surface area contributed by atoms with Gasteiger partial charge in [-0.05, 0) is 80.4 Å². The Morgan fingerprint density at radius 3 is 2.46 bits per heavy atom. The first-order chi connectivity index (χ1) is 13.6. The zero-order valence-electron chi connectivity index (χ0n) is 16.4. The lowest BCUT2D eigenvalue weighted by atomic mass is 9.53. The molecule has 2 unspecified atom stereocenters. The average Bonchev–Trinajstić information content (AvgIpc) is 3.24. The van der Waals surface area contributed by atoms with Crippen molar-refractivity contribution in [2.75, 3.05) is 13.1 Å². The molecule has 0 radical (unpaired) electrons. The van der Waals surface area contributed by atoms with Crippen molar-refractivity contribution in [2.45, 2.75) is 69.1 Å². The molecule has 150 valence electrons. The SMILES string of the molecule is O=C(NC12CC3CC(CC(C3)C1)C2)c1cc(CN2CC3CC2CN3)ccc1Cl. The van der Waals surface area contributed by atoms with E-state index < -0.39 is 0 Å². The fraction of sp³-hybridized carbons (Fsp3) is 0.696. The summed E-state index contributed by atoms with van der Waals surface area (Å²) in [7, 11) is 0. The van der Waals surface area contributed by atoms with Crippen LogP contribution in [0.2, 0.25) is 5.02 Å². The Bertz CT molecular complexity index is 774. The highest BCUT2D eigenvalue weighted by molar-refractivity contribution is 6.33. The van der Waals surface area contributed by atoms with Gasteiger partial charge >= 0.3 is 0 Å². The zero-order valence-corrected chi connectivity index (χ0v) is 17.2. The number of nitrogens with one attached hydrogen (secondary N) is 2. The van der Waals surface area contributed by atoms with Gasteiger partial charge in [0.15, 0.2) is 0 Å². The van der Waals surface area contributed by atoms with E-state index in [4.69, 9.17) is 11.6 Å². The summed E-state index contributed by atoms with van der Waals surface area (Å²) < 4.78 is 0. The molecule has 28 heavy (non-hydrogen) atoms. The molecule has 6 fully saturated rings. The first-order valence-electron chi connectivity index (χ1n) is 11.1. The third-order valence-electron chi connectivity index (χ3n) is 8.25. The Hall–Kier alpha value is -1.10. The van der Waals surface area contributed by atoms with Gasteiger partial charge in [0.1, 0.15) is 0 Å². The van der Waals surface area contributed by atoms with E-state index in [2.05, 4.69) is 21.6 Å². The second-order valence-corrected chi connectivity index (χ2v) is 10.8. The van der Waals surface area contributed by atoms with Crippen LogP contribution < -0.4 is 10.6 Å². The minimum atomic E-state index is 0.0327. The van der Waals surface area contributed by atoms with Gasteiger partial charge in [0.05, 0.1) is 10.6 Å². The molecule has 1 aromatic rings. The quantitative estimate of drug-likeness (QED) is 0.813. The summed E-state index contributed by atoms with van der Waals surface area (Å²) in [6, 6.07) is 7.33. The van der Waals surface area contributed by atoms with Crippen LogP contribution in [-0.2, 0) is 6.54 Å². The van der Waals surface area contributed by atoms with E-state index in [1.54, 1.807) is 0 Å². The van der Waals surface area contributed by atoms with E-state index >= 15 is 0 Å². The minimum Gasteiger partial charge on any atom is -0.347 e. The molecule has 2 saturated heterocycles. The van der Waals surface area contributed by atoms with Crippen molar-refractivity contribution in [3.63, 3.8) is 0 Å². The number of hydrogen-bond acceptors (Lipinski definition) is 3. The minimum absolute atomic E-state index is 0.0327. The molecule has 2 aliphatic heterocycles. The summed E-state index contributed by atoms with van der Waals surface area (Å²) in [6.07, 6.45) is 8.94. The maximum Gasteiger partial charge on any atom is 0.253 e. The first kappa shape index (κ1) is 17.7.